The number of nitrogens with two attached hydrogens (primary N) is 1. The Morgan fingerprint density at radius 3 is 2.67 bits per heavy atom. The molecule has 0 saturated heterocycles. The molecule has 2 heterocycles. The van der Waals surface area contributed by atoms with Gasteiger partial charge in [-0.25, -0.2) is 9.67 Å². The van der Waals surface area contributed by atoms with Crippen molar-refractivity contribution in [3.63, 3.8) is 0 Å². The number of aromatic nitrogens is 4. The lowest BCUT2D eigenvalue weighted by molar-refractivity contribution is 0.398. The third-order valence-corrected chi connectivity index (χ3v) is 2.78. The number of hydrogen-bond acceptors (Lipinski definition) is 5. The average Bonchev–Trinajstić information content (AvgIpc) is 2.82. The predicted molar refractivity (Wildman–Crippen MR) is 68.9 cm³/mol. The van der Waals surface area contributed by atoms with Crippen LogP contribution < -0.4 is 10.5 Å². The first-order chi connectivity index (χ1) is 8.71. The first-order valence-corrected chi connectivity index (χ1v) is 5.93. The van der Waals surface area contributed by atoms with E-state index >= 15 is 0 Å². The maximum absolute atomic E-state index is 5.99. The maximum Gasteiger partial charge on any atom is 0.242 e. The van der Waals surface area contributed by atoms with Crippen molar-refractivity contribution in [2.24, 2.45) is 0 Å². The number of aryl methyl sites for hydroxylation is 2. The number of ether oxygens (including phenoxy) is 1. The van der Waals surface area contributed by atoms with E-state index in [0.29, 0.717) is 17.4 Å². The SMILES string of the molecule is CCc1cc(CC)n(-c2ncnc(OC)c2N)n1. The summed E-state index contributed by atoms with van der Waals surface area (Å²) in [6, 6.07) is 2.06. The summed E-state index contributed by atoms with van der Waals surface area (Å²) in [7, 11) is 1.53. The van der Waals surface area contributed by atoms with Gasteiger partial charge < -0.3 is 10.5 Å². The maximum atomic E-state index is 5.99. The quantitative estimate of drug-likeness (QED) is 0.883. The second-order valence-corrected chi connectivity index (χ2v) is 3.87. The molecule has 2 N–H and O–H groups in total. The Labute approximate surface area is 106 Å². The van der Waals surface area contributed by atoms with Gasteiger partial charge in [0.2, 0.25) is 5.88 Å². The summed E-state index contributed by atoms with van der Waals surface area (Å²) >= 11 is 0. The summed E-state index contributed by atoms with van der Waals surface area (Å²) in [6.07, 6.45) is 3.16. The molecule has 6 heteroatoms. The fourth-order valence-corrected chi connectivity index (χ4v) is 1.79. The van der Waals surface area contributed by atoms with Crippen LogP contribution in [0.1, 0.15) is 25.2 Å². The lowest BCUT2D eigenvalue weighted by Crippen LogP contribution is -2.09. The zero-order chi connectivity index (χ0) is 13.1. The van der Waals surface area contributed by atoms with E-state index in [4.69, 9.17) is 10.5 Å². The minimum atomic E-state index is 0.371. The van der Waals surface area contributed by atoms with E-state index in [0.717, 1.165) is 24.2 Å². The van der Waals surface area contributed by atoms with Gasteiger partial charge in [-0.2, -0.15) is 10.1 Å². The van der Waals surface area contributed by atoms with Crippen LogP contribution >= 0.6 is 0 Å². The largest absolute Gasteiger partial charge is 0.479 e. The van der Waals surface area contributed by atoms with Crippen molar-refractivity contribution in [1.82, 2.24) is 19.7 Å². The van der Waals surface area contributed by atoms with E-state index < -0.39 is 0 Å². The Morgan fingerprint density at radius 2 is 2.06 bits per heavy atom. The van der Waals surface area contributed by atoms with Gasteiger partial charge in [-0.05, 0) is 18.9 Å². The zero-order valence-electron chi connectivity index (χ0n) is 10.8. The molecule has 2 rings (SSSR count). The molecule has 0 bridgehead atoms. The van der Waals surface area contributed by atoms with Gasteiger partial charge in [0.1, 0.15) is 12.0 Å². The zero-order valence-corrected chi connectivity index (χ0v) is 10.8. The molecule has 2 aromatic rings. The number of nitrogen functional groups attached to an aromatic ring is 1. The second-order valence-electron chi connectivity index (χ2n) is 3.87. The average molecular weight is 247 g/mol. The molecule has 0 radical (unpaired) electrons. The van der Waals surface area contributed by atoms with Crippen LogP contribution in [-0.4, -0.2) is 26.9 Å². The van der Waals surface area contributed by atoms with Gasteiger partial charge in [0.05, 0.1) is 12.8 Å². The summed E-state index contributed by atoms with van der Waals surface area (Å²) in [4.78, 5) is 8.16. The summed E-state index contributed by atoms with van der Waals surface area (Å²) in [5.41, 5.74) is 8.48. The molecule has 0 aromatic carbocycles. The third-order valence-electron chi connectivity index (χ3n) is 2.78. The lowest BCUT2D eigenvalue weighted by atomic mass is 10.2. The molecule has 0 spiro atoms. The number of hydrogen-bond donors (Lipinski definition) is 1. The molecule has 0 aliphatic heterocycles. The highest BCUT2D eigenvalue weighted by Crippen LogP contribution is 2.24. The van der Waals surface area contributed by atoms with Gasteiger partial charge in [0, 0.05) is 5.69 Å². The molecular weight excluding hydrogens is 230 g/mol. The first-order valence-electron chi connectivity index (χ1n) is 5.93. The fourth-order valence-electron chi connectivity index (χ4n) is 1.79. The Hall–Kier alpha value is -2.11. The van der Waals surface area contributed by atoms with E-state index in [-0.39, 0.29) is 0 Å². The molecule has 96 valence electrons. The van der Waals surface area contributed by atoms with Gasteiger partial charge in [-0.15, -0.1) is 0 Å². The van der Waals surface area contributed by atoms with E-state index in [1.807, 2.05) is 0 Å². The van der Waals surface area contributed by atoms with Crippen LogP contribution in [0.15, 0.2) is 12.4 Å². The summed E-state index contributed by atoms with van der Waals surface area (Å²) in [5.74, 6) is 0.939. The van der Waals surface area contributed by atoms with Crippen molar-refractivity contribution in [3.8, 4) is 11.7 Å². The van der Waals surface area contributed by atoms with Crippen molar-refractivity contribution < 1.29 is 4.74 Å². The highest BCUT2D eigenvalue weighted by atomic mass is 16.5. The molecule has 6 nitrogen and oxygen atoms in total. The summed E-state index contributed by atoms with van der Waals surface area (Å²) in [6.45, 7) is 4.14. The number of methoxy groups -OCH3 is 1. The van der Waals surface area contributed by atoms with Gasteiger partial charge >= 0.3 is 0 Å². The molecule has 18 heavy (non-hydrogen) atoms. The number of anilines is 1. The van der Waals surface area contributed by atoms with Gasteiger partial charge in [0.25, 0.3) is 0 Å². The van der Waals surface area contributed by atoms with E-state index in [9.17, 15) is 0 Å². The monoisotopic (exact) mass is 247 g/mol. The predicted octanol–water partition coefficient (Wildman–Crippen LogP) is 1.38. The van der Waals surface area contributed by atoms with Gasteiger partial charge in [0.15, 0.2) is 5.82 Å². The standard InChI is InChI=1S/C12H17N5O/c1-4-8-6-9(5-2)17(16-8)11-10(13)12(18-3)15-7-14-11/h6-7H,4-5,13H2,1-3H3. The molecule has 0 unspecified atom stereocenters. The summed E-state index contributed by atoms with van der Waals surface area (Å²) in [5, 5.41) is 4.50. The molecule has 0 saturated carbocycles. The van der Waals surface area contributed by atoms with Crippen LogP contribution in [0.2, 0.25) is 0 Å². The lowest BCUT2D eigenvalue weighted by Gasteiger charge is -2.09. The van der Waals surface area contributed by atoms with Crippen LogP contribution in [0.3, 0.4) is 0 Å². The van der Waals surface area contributed by atoms with Crippen molar-refractivity contribution in [3.05, 3.63) is 23.8 Å². The van der Waals surface area contributed by atoms with E-state index in [1.165, 1.54) is 13.4 Å². The molecule has 0 atom stereocenters. The topological polar surface area (TPSA) is 78.8 Å². The van der Waals surface area contributed by atoms with Crippen LogP contribution in [0.5, 0.6) is 5.88 Å². The normalized spacial score (nSPS) is 10.6. The van der Waals surface area contributed by atoms with Crippen molar-refractivity contribution in [2.45, 2.75) is 26.7 Å². The molecule has 0 amide bonds. The second kappa shape index (κ2) is 5.03. The first kappa shape index (κ1) is 12.3. The minimum Gasteiger partial charge on any atom is -0.479 e. The van der Waals surface area contributed by atoms with Crippen LogP contribution in [0, 0.1) is 0 Å². The third kappa shape index (κ3) is 2.01. The molecule has 0 aliphatic rings. The Morgan fingerprint density at radius 1 is 1.28 bits per heavy atom. The van der Waals surface area contributed by atoms with Gasteiger partial charge in [-0.1, -0.05) is 13.8 Å². The van der Waals surface area contributed by atoms with E-state index in [2.05, 4.69) is 35.0 Å². The highest BCUT2D eigenvalue weighted by Gasteiger charge is 2.14. The van der Waals surface area contributed by atoms with Crippen molar-refractivity contribution in [1.29, 1.82) is 0 Å². The Kier molecular flexibility index (Phi) is 3.45. The molecule has 2 aromatic heterocycles. The van der Waals surface area contributed by atoms with Crippen molar-refractivity contribution >= 4 is 5.69 Å². The Bertz CT molecular complexity index is 549. The van der Waals surface area contributed by atoms with Gasteiger partial charge in [-0.3, -0.25) is 0 Å². The smallest absolute Gasteiger partial charge is 0.242 e. The minimum absolute atomic E-state index is 0.371. The molecule has 0 aliphatic carbocycles. The van der Waals surface area contributed by atoms with Crippen molar-refractivity contribution in [2.75, 3.05) is 12.8 Å². The highest BCUT2D eigenvalue weighted by molar-refractivity contribution is 5.59. The number of rotatable bonds is 4. The Balaban J connectivity index is 2.57. The molecule has 0 fully saturated rings. The number of nitrogens with zero attached hydrogens (tertiary/aromatic N) is 4. The molecular formula is C12H17N5O. The van der Waals surface area contributed by atoms with Crippen LogP contribution in [0.4, 0.5) is 5.69 Å². The van der Waals surface area contributed by atoms with E-state index in [1.54, 1.807) is 4.68 Å². The van der Waals surface area contributed by atoms with Crippen LogP contribution in [-0.2, 0) is 12.8 Å². The van der Waals surface area contributed by atoms with Crippen LogP contribution in [0.25, 0.3) is 5.82 Å². The summed E-state index contributed by atoms with van der Waals surface area (Å²) < 4.78 is 6.86. The fraction of sp³-hybridized carbons (Fsp3) is 0.417.